The van der Waals surface area contributed by atoms with Gasteiger partial charge in [-0.1, -0.05) is 46.6 Å². The molecule has 0 fully saturated rings. The number of carbonyl (C=O) groups is 1. The Labute approximate surface area is 205 Å². The molecule has 0 N–H and O–H groups in total. The first-order chi connectivity index (χ1) is 15.7. The van der Waals surface area contributed by atoms with Crippen LogP contribution in [0.4, 0.5) is 0 Å². The van der Waals surface area contributed by atoms with E-state index in [9.17, 15) is 4.79 Å². The van der Waals surface area contributed by atoms with E-state index in [1.54, 1.807) is 0 Å². The molecule has 190 valence electrons. The summed E-state index contributed by atoms with van der Waals surface area (Å²) in [7, 11) is -1.29. The highest BCUT2D eigenvalue weighted by atomic mass is 31.2. The van der Waals surface area contributed by atoms with Crippen molar-refractivity contribution >= 4 is 14.3 Å². The zero-order valence-corrected chi connectivity index (χ0v) is 23.4. The minimum Gasteiger partial charge on any atom is -0.465 e. The van der Waals surface area contributed by atoms with Gasteiger partial charge in [-0.05, 0) is 100 Å². The van der Waals surface area contributed by atoms with Crippen LogP contribution in [0.5, 0.6) is 0 Å². The number of rotatable bonds is 18. The van der Waals surface area contributed by atoms with Gasteiger partial charge in [0.2, 0.25) is 0 Å². The van der Waals surface area contributed by atoms with Gasteiger partial charge in [0, 0.05) is 0 Å². The largest absolute Gasteiger partial charge is 0.465 e. The summed E-state index contributed by atoms with van der Waals surface area (Å²) in [6.45, 7) is 18.0. The van der Waals surface area contributed by atoms with E-state index in [0.717, 1.165) is 38.5 Å². The third-order valence-corrected chi connectivity index (χ3v) is 7.13. The quantitative estimate of drug-likeness (QED) is 0.112. The van der Waals surface area contributed by atoms with Crippen LogP contribution in [0.25, 0.3) is 0 Å². The molecule has 0 heterocycles. The number of hydrogen-bond donors (Lipinski definition) is 0. The summed E-state index contributed by atoms with van der Waals surface area (Å²) in [5, 5.41) is 0. The lowest BCUT2D eigenvalue weighted by molar-refractivity contribution is -0.142. The van der Waals surface area contributed by atoms with Crippen LogP contribution < -0.4 is 0 Å². The van der Waals surface area contributed by atoms with Crippen molar-refractivity contribution in [1.82, 2.24) is 0 Å². The second kappa shape index (κ2) is 20.2. The van der Waals surface area contributed by atoms with Gasteiger partial charge in [-0.15, -0.1) is 0 Å². The number of hydrogen-bond acceptors (Lipinski definition) is 4. The van der Waals surface area contributed by atoms with Gasteiger partial charge in [0.1, 0.15) is 5.66 Å². The molecular weight excluding hydrogens is 431 g/mol. The Bertz CT molecular complexity index is 651. The first kappa shape index (κ1) is 31.8. The third kappa shape index (κ3) is 17.0. The normalized spacial score (nSPS) is 13.9. The van der Waals surface area contributed by atoms with E-state index in [0.29, 0.717) is 26.2 Å². The molecule has 4 nitrogen and oxygen atoms in total. The van der Waals surface area contributed by atoms with E-state index >= 15 is 0 Å². The number of allylic oxidation sites excluding steroid dienone is 8. The van der Waals surface area contributed by atoms with Gasteiger partial charge in [0.05, 0.1) is 19.8 Å². The average molecular weight is 481 g/mol. The molecule has 0 rings (SSSR count). The number of ether oxygens (including phenoxy) is 1. The predicted molar refractivity (Wildman–Crippen MR) is 144 cm³/mol. The highest BCUT2D eigenvalue weighted by Crippen LogP contribution is 2.46. The maximum absolute atomic E-state index is 12.5. The predicted octanol–water partition coefficient (Wildman–Crippen LogP) is 8.84. The standard InChI is InChI=1S/C28H49O4P/c1-9-30-28(29)27(33(31-10-2)32-11-3)22-21-26(8)20-14-19-25(7)18-13-17-24(6)16-12-15-23(4)5/h15,17,19,21,27H,9-14,16,18,20,22H2,1-8H3/b24-17+,25-19+,26-21+. The molecule has 0 bridgehead atoms. The monoisotopic (exact) mass is 480 g/mol. The molecule has 0 aromatic heterocycles. The van der Waals surface area contributed by atoms with Crippen molar-refractivity contribution in [3.05, 3.63) is 46.6 Å². The fourth-order valence-electron chi connectivity index (χ4n) is 3.28. The first-order valence-electron chi connectivity index (χ1n) is 12.6. The van der Waals surface area contributed by atoms with Gasteiger partial charge in [-0.25, -0.2) is 0 Å². The SMILES string of the molecule is CCOC(=O)C(C/C=C(\C)CC/C=C(\C)CC/C=C(\C)CCC=C(C)C)P(OCC)OCC. The minimum absolute atomic E-state index is 0.227. The number of carbonyl (C=O) groups excluding carboxylic acids is 1. The van der Waals surface area contributed by atoms with Crippen LogP contribution in [0.15, 0.2) is 46.6 Å². The Balaban J connectivity index is 4.65. The van der Waals surface area contributed by atoms with Crippen molar-refractivity contribution in [1.29, 1.82) is 0 Å². The van der Waals surface area contributed by atoms with Crippen molar-refractivity contribution in [2.75, 3.05) is 19.8 Å². The van der Waals surface area contributed by atoms with Crippen LogP contribution >= 0.6 is 8.38 Å². The lowest BCUT2D eigenvalue weighted by atomic mass is 10.0. The van der Waals surface area contributed by atoms with Crippen LogP contribution in [0.1, 0.15) is 100 Å². The summed E-state index contributed by atoms with van der Waals surface area (Å²) in [5.41, 5.74) is 5.22. The summed E-state index contributed by atoms with van der Waals surface area (Å²) < 4.78 is 16.8. The Morgan fingerprint density at radius 1 is 0.697 bits per heavy atom. The van der Waals surface area contributed by atoms with E-state index in [4.69, 9.17) is 13.8 Å². The molecule has 0 aliphatic heterocycles. The molecule has 1 unspecified atom stereocenters. The van der Waals surface area contributed by atoms with Gasteiger partial charge >= 0.3 is 5.97 Å². The smallest absolute Gasteiger partial charge is 0.318 e. The van der Waals surface area contributed by atoms with Crippen LogP contribution in [0.2, 0.25) is 0 Å². The Morgan fingerprint density at radius 2 is 1.15 bits per heavy atom. The van der Waals surface area contributed by atoms with Crippen LogP contribution in [0, 0.1) is 0 Å². The maximum Gasteiger partial charge on any atom is 0.318 e. The summed E-state index contributed by atoms with van der Waals surface area (Å²) in [4.78, 5) is 12.5. The van der Waals surface area contributed by atoms with Crippen molar-refractivity contribution in [2.24, 2.45) is 0 Å². The fraction of sp³-hybridized carbons (Fsp3) is 0.679. The van der Waals surface area contributed by atoms with Gasteiger partial charge in [0.25, 0.3) is 0 Å². The second-order valence-corrected chi connectivity index (χ2v) is 10.4. The fourth-order valence-corrected chi connectivity index (χ4v) is 4.75. The maximum atomic E-state index is 12.5. The van der Waals surface area contributed by atoms with Crippen LogP contribution in [-0.2, 0) is 18.6 Å². The summed E-state index contributed by atoms with van der Waals surface area (Å²) in [6.07, 6.45) is 16.3. The molecule has 0 aliphatic rings. The molecule has 33 heavy (non-hydrogen) atoms. The molecule has 0 aromatic carbocycles. The minimum atomic E-state index is -1.29. The van der Waals surface area contributed by atoms with E-state index in [2.05, 4.69) is 58.9 Å². The van der Waals surface area contributed by atoms with Crippen LogP contribution in [0.3, 0.4) is 0 Å². The summed E-state index contributed by atoms with van der Waals surface area (Å²) >= 11 is 0. The highest BCUT2D eigenvalue weighted by molar-refractivity contribution is 7.49. The molecule has 0 aliphatic carbocycles. The highest BCUT2D eigenvalue weighted by Gasteiger charge is 2.31. The first-order valence-corrected chi connectivity index (χ1v) is 13.8. The Morgan fingerprint density at radius 3 is 1.58 bits per heavy atom. The molecule has 0 spiro atoms. The number of esters is 1. The molecule has 5 heteroatoms. The van der Waals surface area contributed by atoms with Gasteiger partial charge in [0.15, 0.2) is 8.38 Å². The molecule has 0 saturated carbocycles. The molecule has 0 amide bonds. The van der Waals surface area contributed by atoms with E-state index in [-0.39, 0.29) is 11.6 Å². The van der Waals surface area contributed by atoms with Crippen molar-refractivity contribution < 1.29 is 18.6 Å². The topological polar surface area (TPSA) is 44.8 Å². The van der Waals surface area contributed by atoms with Crippen molar-refractivity contribution in [3.63, 3.8) is 0 Å². The second-order valence-electron chi connectivity index (χ2n) is 8.67. The average Bonchev–Trinajstić information content (AvgIpc) is 2.74. The Hall–Kier alpha value is -1.22. The van der Waals surface area contributed by atoms with E-state index < -0.39 is 8.38 Å². The molecule has 0 saturated heterocycles. The summed E-state index contributed by atoms with van der Waals surface area (Å²) in [6, 6.07) is 0. The van der Waals surface area contributed by atoms with Gasteiger partial charge in [-0.3, -0.25) is 4.79 Å². The molecule has 0 aromatic rings. The van der Waals surface area contributed by atoms with Crippen molar-refractivity contribution in [3.8, 4) is 0 Å². The van der Waals surface area contributed by atoms with E-state index in [1.807, 2.05) is 20.8 Å². The Kier molecular flexibility index (Phi) is 19.4. The van der Waals surface area contributed by atoms with Gasteiger partial charge in [-0.2, -0.15) is 0 Å². The van der Waals surface area contributed by atoms with E-state index in [1.165, 1.54) is 22.3 Å². The molecular formula is C28H49O4P. The lowest BCUT2D eigenvalue weighted by Gasteiger charge is -2.23. The van der Waals surface area contributed by atoms with Crippen molar-refractivity contribution in [2.45, 2.75) is 106 Å². The molecule has 0 radical (unpaired) electrons. The third-order valence-electron chi connectivity index (χ3n) is 5.17. The molecule has 1 atom stereocenters. The van der Waals surface area contributed by atoms with Crippen LogP contribution in [-0.4, -0.2) is 31.4 Å². The zero-order chi connectivity index (χ0) is 25.1. The zero-order valence-electron chi connectivity index (χ0n) is 22.5. The lowest BCUT2D eigenvalue weighted by Crippen LogP contribution is -2.23. The summed E-state index contributed by atoms with van der Waals surface area (Å²) in [5.74, 6) is -0.227. The van der Waals surface area contributed by atoms with Gasteiger partial charge < -0.3 is 13.8 Å².